The lowest BCUT2D eigenvalue weighted by Gasteiger charge is -2.58. The Morgan fingerprint density at radius 1 is 1.00 bits per heavy atom. The van der Waals surface area contributed by atoms with Crippen LogP contribution in [0.1, 0.15) is 40.0 Å². The molecule has 4 atom stereocenters. The van der Waals surface area contributed by atoms with Crippen molar-refractivity contribution in [3.8, 4) is 0 Å². The first-order valence-electron chi connectivity index (χ1n) is 5.04. The SMILES string of the molecule is CC12CC1C1CC(C2)C1(C)C. The molecule has 0 radical (unpaired) electrons. The summed E-state index contributed by atoms with van der Waals surface area (Å²) in [6.07, 6.45) is 4.66. The molecule has 0 N–H and O–H groups in total. The van der Waals surface area contributed by atoms with E-state index in [1.54, 1.807) is 19.3 Å². The van der Waals surface area contributed by atoms with Crippen LogP contribution in [0.5, 0.6) is 0 Å². The maximum atomic E-state index is 2.51. The van der Waals surface area contributed by atoms with Gasteiger partial charge in [0.2, 0.25) is 0 Å². The molecule has 4 saturated carbocycles. The molecule has 4 fully saturated rings. The fourth-order valence-electron chi connectivity index (χ4n) is 3.95. The van der Waals surface area contributed by atoms with E-state index in [0.717, 1.165) is 28.6 Å². The highest BCUT2D eigenvalue weighted by Gasteiger charge is 2.68. The van der Waals surface area contributed by atoms with Crippen LogP contribution in [0, 0.1) is 28.6 Å². The fourth-order valence-corrected chi connectivity index (χ4v) is 3.95. The molecule has 0 aromatic carbocycles. The summed E-state index contributed by atoms with van der Waals surface area (Å²) in [6, 6.07) is 0. The van der Waals surface area contributed by atoms with E-state index in [2.05, 4.69) is 20.8 Å². The molecule has 4 aliphatic carbocycles. The van der Waals surface area contributed by atoms with Crippen molar-refractivity contribution >= 4 is 0 Å². The van der Waals surface area contributed by atoms with Gasteiger partial charge < -0.3 is 0 Å². The molecule has 0 saturated heterocycles. The first kappa shape index (κ1) is 6.51. The highest BCUT2D eigenvalue weighted by molar-refractivity contribution is 5.17. The lowest BCUT2D eigenvalue weighted by atomic mass is 9.47. The van der Waals surface area contributed by atoms with E-state index < -0.39 is 0 Å². The van der Waals surface area contributed by atoms with Crippen molar-refractivity contribution in [2.75, 3.05) is 0 Å². The van der Waals surface area contributed by atoms with Gasteiger partial charge in [-0.15, -0.1) is 0 Å². The van der Waals surface area contributed by atoms with E-state index in [4.69, 9.17) is 0 Å². The number of hydrogen-bond donors (Lipinski definition) is 0. The fraction of sp³-hybridized carbons (Fsp3) is 1.00. The number of rotatable bonds is 0. The minimum Gasteiger partial charge on any atom is -0.0594 e. The Morgan fingerprint density at radius 3 is 2.18 bits per heavy atom. The van der Waals surface area contributed by atoms with Gasteiger partial charge in [-0.05, 0) is 47.8 Å². The largest absolute Gasteiger partial charge is 0.0594 e. The van der Waals surface area contributed by atoms with Crippen molar-refractivity contribution in [1.29, 1.82) is 0 Å². The Balaban J connectivity index is 1.94. The smallest absolute Gasteiger partial charge is 0.0289 e. The molecule has 2 bridgehead atoms. The summed E-state index contributed by atoms with van der Waals surface area (Å²) in [6.45, 7) is 7.49. The van der Waals surface area contributed by atoms with Gasteiger partial charge in [-0.1, -0.05) is 20.8 Å². The van der Waals surface area contributed by atoms with Crippen LogP contribution in [0.2, 0.25) is 0 Å². The van der Waals surface area contributed by atoms with E-state index in [1.165, 1.54) is 0 Å². The van der Waals surface area contributed by atoms with Crippen molar-refractivity contribution in [2.24, 2.45) is 28.6 Å². The summed E-state index contributed by atoms with van der Waals surface area (Å²) >= 11 is 0. The van der Waals surface area contributed by atoms with Gasteiger partial charge in [0.05, 0.1) is 0 Å². The third-order valence-corrected chi connectivity index (χ3v) is 5.17. The van der Waals surface area contributed by atoms with Gasteiger partial charge in [0.25, 0.3) is 0 Å². The average molecular weight is 150 g/mol. The van der Waals surface area contributed by atoms with Crippen molar-refractivity contribution < 1.29 is 0 Å². The molecule has 62 valence electrons. The Bertz CT molecular complexity index is 216. The van der Waals surface area contributed by atoms with E-state index in [-0.39, 0.29) is 0 Å². The first-order chi connectivity index (χ1) is 5.04. The van der Waals surface area contributed by atoms with Crippen molar-refractivity contribution in [1.82, 2.24) is 0 Å². The van der Waals surface area contributed by atoms with Crippen molar-refractivity contribution in [3.05, 3.63) is 0 Å². The van der Waals surface area contributed by atoms with Crippen LogP contribution >= 0.6 is 0 Å². The molecular formula is C11H18. The monoisotopic (exact) mass is 150 g/mol. The summed E-state index contributed by atoms with van der Waals surface area (Å²) < 4.78 is 0. The van der Waals surface area contributed by atoms with Crippen molar-refractivity contribution in [3.63, 3.8) is 0 Å². The van der Waals surface area contributed by atoms with Crippen LogP contribution in [-0.2, 0) is 0 Å². The van der Waals surface area contributed by atoms with Crippen LogP contribution in [0.15, 0.2) is 0 Å². The zero-order chi connectivity index (χ0) is 7.85. The quantitative estimate of drug-likeness (QED) is 0.498. The second kappa shape index (κ2) is 1.41. The Morgan fingerprint density at radius 2 is 1.73 bits per heavy atom. The molecule has 0 amide bonds. The van der Waals surface area contributed by atoms with Gasteiger partial charge in [-0.3, -0.25) is 0 Å². The molecule has 0 heterocycles. The third kappa shape index (κ3) is 0.554. The molecular weight excluding hydrogens is 132 g/mol. The molecule has 0 nitrogen and oxygen atoms in total. The average Bonchev–Trinajstić information content (AvgIpc) is 2.58. The summed E-state index contributed by atoms with van der Waals surface area (Å²) in [5, 5.41) is 0. The van der Waals surface area contributed by atoms with E-state index in [9.17, 15) is 0 Å². The molecule has 0 spiro atoms. The van der Waals surface area contributed by atoms with Crippen molar-refractivity contribution in [2.45, 2.75) is 40.0 Å². The highest BCUT2D eigenvalue weighted by atomic mass is 14.7. The summed E-state index contributed by atoms with van der Waals surface area (Å²) in [4.78, 5) is 0. The summed E-state index contributed by atoms with van der Waals surface area (Å²) in [7, 11) is 0. The minimum absolute atomic E-state index is 0.723. The van der Waals surface area contributed by atoms with Gasteiger partial charge in [-0.25, -0.2) is 0 Å². The Labute approximate surface area is 69.4 Å². The zero-order valence-electron chi connectivity index (χ0n) is 7.85. The van der Waals surface area contributed by atoms with Gasteiger partial charge in [-0.2, -0.15) is 0 Å². The predicted octanol–water partition coefficient (Wildman–Crippen LogP) is 3.08. The minimum atomic E-state index is 0.723. The lowest BCUT2D eigenvalue weighted by molar-refractivity contribution is -0.0912. The molecule has 0 aromatic rings. The molecule has 4 aliphatic rings. The van der Waals surface area contributed by atoms with E-state index >= 15 is 0 Å². The maximum Gasteiger partial charge on any atom is -0.0289 e. The molecule has 0 aromatic heterocycles. The second-order valence-electron chi connectivity index (χ2n) is 6.03. The summed E-state index contributed by atoms with van der Waals surface area (Å²) in [5.41, 5.74) is 1.55. The van der Waals surface area contributed by atoms with Gasteiger partial charge >= 0.3 is 0 Å². The summed E-state index contributed by atoms with van der Waals surface area (Å²) in [5.74, 6) is 3.31. The topological polar surface area (TPSA) is 0 Å². The second-order valence-corrected chi connectivity index (χ2v) is 6.03. The maximum absolute atomic E-state index is 2.51. The Kier molecular flexibility index (Phi) is 0.832. The first-order valence-corrected chi connectivity index (χ1v) is 5.04. The van der Waals surface area contributed by atoms with E-state index in [1.807, 2.05) is 0 Å². The normalized spacial score (nSPS) is 63.0. The van der Waals surface area contributed by atoms with E-state index in [0.29, 0.717) is 0 Å². The molecule has 4 unspecified atom stereocenters. The number of hydrogen-bond acceptors (Lipinski definition) is 0. The molecule has 4 rings (SSSR count). The molecule has 0 aliphatic heterocycles. The van der Waals surface area contributed by atoms with Crippen LogP contribution in [-0.4, -0.2) is 0 Å². The Hall–Kier alpha value is 0. The van der Waals surface area contributed by atoms with Crippen LogP contribution < -0.4 is 0 Å². The van der Waals surface area contributed by atoms with Gasteiger partial charge in [0.1, 0.15) is 0 Å². The van der Waals surface area contributed by atoms with Gasteiger partial charge in [0.15, 0.2) is 0 Å². The zero-order valence-corrected chi connectivity index (χ0v) is 7.85. The van der Waals surface area contributed by atoms with Gasteiger partial charge in [0, 0.05) is 0 Å². The predicted molar refractivity (Wildman–Crippen MR) is 46.2 cm³/mol. The molecule has 0 heteroatoms. The van der Waals surface area contributed by atoms with Crippen LogP contribution in [0.25, 0.3) is 0 Å². The van der Waals surface area contributed by atoms with Crippen LogP contribution in [0.4, 0.5) is 0 Å². The third-order valence-electron chi connectivity index (χ3n) is 5.17. The lowest BCUT2D eigenvalue weighted by Crippen LogP contribution is -2.51. The van der Waals surface area contributed by atoms with Crippen LogP contribution in [0.3, 0.4) is 0 Å². The standard InChI is InChI=1S/C11H18/c1-10(2)7-4-8(10)9-6-11(9,3)5-7/h7-9H,4-6H2,1-3H3. The molecule has 11 heavy (non-hydrogen) atoms. The highest BCUT2D eigenvalue weighted by Crippen LogP contribution is 2.76.